The molecular weight excluding hydrogens is 250 g/mol. The molecule has 0 saturated carbocycles. The smallest absolute Gasteiger partial charge is 0.113 e. The summed E-state index contributed by atoms with van der Waals surface area (Å²) in [6.45, 7) is 0. The third-order valence-corrected chi connectivity index (χ3v) is 4.93. The van der Waals surface area contributed by atoms with Gasteiger partial charge in [0.15, 0.2) is 0 Å². The summed E-state index contributed by atoms with van der Waals surface area (Å²) in [5.74, 6) is 0. The number of hydrogen-bond acceptors (Lipinski definition) is 4. The Morgan fingerprint density at radius 1 is 1.05 bits per heavy atom. The highest BCUT2D eigenvalue weighted by Gasteiger charge is 2.39. The molecule has 0 amide bonds. The van der Waals surface area contributed by atoms with Crippen LogP contribution in [0.2, 0.25) is 0 Å². The molecule has 20 heavy (non-hydrogen) atoms. The summed E-state index contributed by atoms with van der Waals surface area (Å²) in [7, 11) is 2.27. The average Bonchev–Trinajstić information content (AvgIpc) is 3.03. The van der Waals surface area contributed by atoms with Crippen LogP contribution in [-0.4, -0.2) is 44.0 Å². The Labute approximate surface area is 118 Å². The molecule has 0 aromatic carbocycles. The van der Waals surface area contributed by atoms with Crippen LogP contribution in [0.1, 0.15) is 31.7 Å². The third kappa shape index (κ3) is 1.93. The number of rotatable bonds is 2. The maximum atomic E-state index is 4.37. The summed E-state index contributed by atoms with van der Waals surface area (Å²) in [6.07, 6.45) is 10.8. The minimum absolute atomic E-state index is 0.506. The SMILES string of the molecule is CN1C2CCC1CC(n1cc(-c3ccncc3)nn1)C2. The monoisotopic (exact) mass is 269 g/mol. The Morgan fingerprint density at radius 3 is 2.45 bits per heavy atom. The van der Waals surface area contributed by atoms with Crippen molar-refractivity contribution in [2.45, 2.75) is 43.8 Å². The van der Waals surface area contributed by atoms with Gasteiger partial charge in [-0.1, -0.05) is 5.21 Å². The Morgan fingerprint density at radius 2 is 1.75 bits per heavy atom. The predicted octanol–water partition coefficient (Wildman–Crippen LogP) is 2.14. The molecule has 0 N–H and O–H groups in total. The molecule has 5 heteroatoms. The summed E-state index contributed by atoms with van der Waals surface area (Å²) in [6, 6.07) is 5.92. The first-order chi connectivity index (χ1) is 9.81. The van der Waals surface area contributed by atoms with Crippen LogP contribution in [0.3, 0.4) is 0 Å². The molecule has 2 aromatic heterocycles. The second-order valence-corrected chi connectivity index (χ2v) is 6.00. The van der Waals surface area contributed by atoms with Gasteiger partial charge in [-0.05, 0) is 44.9 Å². The average molecular weight is 269 g/mol. The van der Waals surface area contributed by atoms with Crippen LogP contribution in [0, 0.1) is 0 Å². The maximum Gasteiger partial charge on any atom is 0.113 e. The van der Waals surface area contributed by atoms with Crippen LogP contribution >= 0.6 is 0 Å². The molecule has 4 rings (SSSR count). The molecule has 104 valence electrons. The molecule has 0 spiro atoms. The lowest BCUT2D eigenvalue weighted by atomic mass is 9.98. The molecule has 2 fully saturated rings. The molecule has 4 heterocycles. The van der Waals surface area contributed by atoms with Crippen LogP contribution in [0.4, 0.5) is 0 Å². The molecule has 5 nitrogen and oxygen atoms in total. The Kier molecular flexibility index (Phi) is 2.80. The lowest BCUT2D eigenvalue weighted by molar-refractivity contribution is 0.130. The first-order valence-corrected chi connectivity index (χ1v) is 7.35. The van der Waals surface area contributed by atoms with Crippen molar-refractivity contribution >= 4 is 0 Å². The molecule has 2 aliphatic heterocycles. The molecule has 2 unspecified atom stereocenters. The van der Waals surface area contributed by atoms with Gasteiger partial charge in [0.1, 0.15) is 5.69 Å². The summed E-state index contributed by atoms with van der Waals surface area (Å²) in [4.78, 5) is 6.60. The maximum absolute atomic E-state index is 4.37. The largest absolute Gasteiger partial charge is 0.300 e. The second-order valence-electron chi connectivity index (χ2n) is 6.00. The highest BCUT2D eigenvalue weighted by Crippen LogP contribution is 2.39. The summed E-state index contributed by atoms with van der Waals surface area (Å²) < 4.78 is 2.08. The molecule has 2 saturated heterocycles. The zero-order chi connectivity index (χ0) is 13.5. The number of piperidine rings is 1. The zero-order valence-electron chi connectivity index (χ0n) is 11.7. The van der Waals surface area contributed by atoms with E-state index in [4.69, 9.17) is 0 Å². The van der Waals surface area contributed by atoms with E-state index in [0.717, 1.165) is 23.3 Å². The van der Waals surface area contributed by atoms with Crippen molar-refractivity contribution in [1.29, 1.82) is 0 Å². The highest BCUT2D eigenvalue weighted by molar-refractivity contribution is 5.56. The van der Waals surface area contributed by atoms with E-state index in [2.05, 4.69) is 38.1 Å². The second kappa shape index (κ2) is 4.66. The molecule has 0 radical (unpaired) electrons. The van der Waals surface area contributed by atoms with E-state index < -0.39 is 0 Å². The number of hydrogen-bond donors (Lipinski definition) is 0. The van der Waals surface area contributed by atoms with E-state index in [1.807, 2.05) is 12.1 Å². The number of aromatic nitrogens is 4. The highest BCUT2D eigenvalue weighted by atomic mass is 15.4. The quantitative estimate of drug-likeness (QED) is 0.838. The van der Waals surface area contributed by atoms with Gasteiger partial charge in [-0.2, -0.15) is 0 Å². The van der Waals surface area contributed by atoms with Crippen LogP contribution in [-0.2, 0) is 0 Å². The summed E-state index contributed by atoms with van der Waals surface area (Å²) in [5, 5.41) is 8.69. The van der Waals surface area contributed by atoms with Gasteiger partial charge in [-0.3, -0.25) is 4.98 Å². The first-order valence-electron chi connectivity index (χ1n) is 7.35. The van der Waals surface area contributed by atoms with E-state index in [9.17, 15) is 0 Å². The summed E-state index contributed by atoms with van der Waals surface area (Å²) in [5.41, 5.74) is 2.03. The number of nitrogens with zero attached hydrogens (tertiary/aromatic N) is 5. The van der Waals surface area contributed by atoms with Gasteiger partial charge >= 0.3 is 0 Å². The van der Waals surface area contributed by atoms with Gasteiger partial charge in [-0.15, -0.1) is 5.10 Å². The van der Waals surface area contributed by atoms with Crippen molar-refractivity contribution in [1.82, 2.24) is 24.9 Å². The fourth-order valence-corrected chi connectivity index (χ4v) is 3.71. The van der Waals surface area contributed by atoms with E-state index in [1.165, 1.54) is 25.7 Å². The minimum Gasteiger partial charge on any atom is -0.300 e. The van der Waals surface area contributed by atoms with E-state index >= 15 is 0 Å². The lowest BCUT2D eigenvalue weighted by Gasteiger charge is -2.36. The molecule has 2 bridgehead atoms. The van der Waals surface area contributed by atoms with E-state index in [1.54, 1.807) is 12.4 Å². The van der Waals surface area contributed by atoms with Crippen LogP contribution in [0.25, 0.3) is 11.3 Å². The van der Waals surface area contributed by atoms with Crippen LogP contribution in [0.5, 0.6) is 0 Å². The van der Waals surface area contributed by atoms with Gasteiger partial charge < -0.3 is 4.90 Å². The van der Waals surface area contributed by atoms with Gasteiger partial charge in [-0.25, -0.2) is 4.68 Å². The fraction of sp³-hybridized carbons (Fsp3) is 0.533. The van der Waals surface area contributed by atoms with E-state index in [0.29, 0.717) is 6.04 Å². The van der Waals surface area contributed by atoms with E-state index in [-0.39, 0.29) is 0 Å². The first kappa shape index (κ1) is 12.0. The topological polar surface area (TPSA) is 46.8 Å². The third-order valence-electron chi connectivity index (χ3n) is 4.93. The van der Waals surface area contributed by atoms with Gasteiger partial charge in [0, 0.05) is 30.0 Å². The molecule has 2 aromatic rings. The Hall–Kier alpha value is -1.75. The van der Waals surface area contributed by atoms with Gasteiger partial charge in [0.25, 0.3) is 0 Å². The van der Waals surface area contributed by atoms with Crippen LogP contribution in [0.15, 0.2) is 30.7 Å². The number of pyridine rings is 1. The molecule has 2 aliphatic rings. The molecular formula is C15H19N5. The van der Waals surface area contributed by atoms with Crippen LogP contribution < -0.4 is 0 Å². The van der Waals surface area contributed by atoms with Gasteiger partial charge in [0.05, 0.1) is 12.2 Å². The Bertz CT molecular complexity index is 579. The lowest BCUT2D eigenvalue weighted by Crippen LogP contribution is -2.40. The Balaban J connectivity index is 1.57. The standard InChI is InChI=1S/C15H19N5/c1-19-12-2-3-13(19)9-14(8-12)20-10-15(17-18-20)11-4-6-16-7-5-11/h4-7,10,12-14H,2-3,8-9H2,1H3. The normalized spacial score (nSPS) is 29.8. The van der Waals surface area contributed by atoms with Crippen molar-refractivity contribution in [2.24, 2.45) is 0 Å². The van der Waals surface area contributed by atoms with Crippen molar-refractivity contribution < 1.29 is 0 Å². The predicted molar refractivity (Wildman–Crippen MR) is 76.1 cm³/mol. The van der Waals surface area contributed by atoms with Gasteiger partial charge in [0.2, 0.25) is 0 Å². The van der Waals surface area contributed by atoms with Crippen molar-refractivity contribution in [2.75, 3.05) is 7.05 Å². The van der Waals surface area contributed by atoms with Crippen molar-refractivity contribution in [3.63, 3.8) is 0 Å². The molecule has 2 atom stereocenters. The summed E-state index contributed by atoms with van der Waals surface area (Å²) >= 11 is 0. The minimum atomic E-state index is 0.506. The number of fused-ring (bicyclic) bond motifs is 2. The van der Waals surface area contributed by atoms with Crippen molar-refractivity contribution in [3.05, 3.63) is 30.7 Å². The molecule has 0 aliphatic carbocycles. The van der Waals surface area contributed by atoms with Crippen molar-refractivity contribution in [3.8, 4) is 11.3 Å². The zero-order valence-corrected chi connectivity index (χ0v) is 11.7. The fourth-order valence-electron chi connectivity index (χ4n) is 3.71.